The SMILES string of the molecule is CCOc1cc(CNc2ccc(C)c(C)c2)ccc1OCc1ccc(Cl)cc1. The third-order valence-electron chi connectivity index (χ3n) is 4.62. The first kappa shape index (κ1) is 20.1. The molecule has 3 aromatic carbocycles. The van der Waals surface area contributed by atoms with Crippen LogP contribution in [-0.2, 0) is 13.2 Å². The van der Waals surface area contributed by atoms with Crippen molar-refractivity contribution in [2.45, 2.75) is 33.9 Å². The fraction of sp³-hybridized carbons (Fsp3) is 0.250. The standard InChI is InChI=1S/C24H26ClNO2/c1-4-27-24-14-20(15-26-22-11-5-17(2)18(3)13-22)8-12-23(24)28-16-19-6-9-21(25)10-7-19/h5-14,26H,4,15-16H2,1-3H3. The van der Waals surface area contributed by atoms with Gasteiger partial charge < -0.3 is 14.8 Å². The number of nitrogens with one attached hydrogen (secondary N) is 1. The van der Waals surface area contributed by atoms with Gasteiger partial charge in [-0.15, -0.1) is 0 Å². The van der Waals surface area contributed by atoms with Crippen LogP contribution in [0.2, 0.25) is 5.02 Å². The summed E-state index contributed by atoms with van der Waals surface area (Å²) in [5.41, 5.74) is 5.90. The minimum absolute atomic E-state index is 0.470. The maximum absolute atomic E-state index is 5.97. The van der Waals surface area contributed by atoms with Crippen molar-refractivity contribution < 1.29 is 9.47 Å². The van der Waals surface area contributed by atoms with Crippen LogP contribution in [-0.4, -0.2) is 6.61 Å². The topological polar surface area (TPSA) is 30.5 Å². The number of ether oxygens (including phenoxy) is 2. The molecule has 0 bridgehead atoms. The highest BCUT2D eigenvalue weighted by Crippen LogP contribution is 2.30. The van der Waals surface area contributed by atoms with Crippen LogP contribution in [0.3, 0.4) is 0 Å². The zero-order chi connectivity index (χ0) is 19.9. The molecule has 0 heterocycles. The van der Waals surface area contributed by atoms with E-state index in [1.54, 1.807) is 0 Å². The van der Waals surface area contributed by atoms with Crippen molar-refractivity contribution in [1.29, 1.82) is 0 Å². The lowest BCUT2D eigenvalue weighted by molar-refractivity contribution is 0.269. The van der Waals surface area contributed by atoms with Gasteiger partial charge in [0.2, 0.25) is 0 Å². The Morgan fingerprint density at radius 3 is 2.25 bits per heavy atom. The third kappa shape index (κ3) is 5.43. The number of hydrogen-bond donors (Lipinski definition) is 1. The van der Waals surface area contributed by atoms with Crippen molar-refractivity contribution >= 4 is 17.3 Å². The fourth-order valence-corrected chi connectivity index (χ4v) is 2.97. The maximum atomic E-state index is 5.97. The van der Waals surface area contributed by atoms with Crippen LogP contribution in [0.5, 0.6) is 11.5 Å². The van der Waals surface area contributed by atoms with Crippen molar-refractivity contribution in [2.75, 3.05) is 11.9 Å². The molecule has 146 valence electrons. The monoisotopic (exact) mass is 395 g/mol. The predicted molar refractivity (Wildman–Crippen MR) is 117 cm³/mol. The summed E-state index contributed by atoms with van der Waals surface area (Å²) in [7, 11) is 0. The van der Waals surface area contributed by atoms with Gasteiger partial charge in [0.15, 0.2) is 11.5 Å². The molecule has 0 aromatic heterocycles. The molecular formula is C24H26ClNO2. The minimum Gasteiger partial charge on any atom is -0.490 e. The second-order valence-corrected chi connectivity index (χ2v) is 7.22. The summed E-state index contributed by atoms with van der Waals surface area (Å²) in [6.07, 6.45) is 0. The second-order valence-electron chi connectivity index (χ2n) is 6.78. The van der Waals surface area contributed by atoms with Crippen LogP contribution in [0.4, 0.5) is 5.69 Å². The molecule has 0 saturated heterocycles. The van der Waals surface area contributed by atoms with Crippen LogP contribution in [0.15, 0.2) is 60.7 Å². The van der Waals surface area contributed by atoms with Gasteiger partial charge in [-0.2, -0.15) is 0 Å². The van der Waals surface area contributed by atoms with E-state index < -0.39 is 0 Å². The predicted octanol–water partition coefficient (Wildman–Crippen LogP) is 6.55. The summed E-state index contributed by atoms with van der Waals surface area (Å²) >= 11 is 5.94. The largest absolute Gasteiger partial charge is 0.490 e. The third-order valence-corrected chi connectivity index (χ3v) is 4.87. The van der Waals surface area contributed by atoms with E-state index in [0.29, 0.717) is 13.2 Å². The first-order chi connectivity index (χ1) is 13.5. The first-order valence-electron chi connectivity index (χ1n) is 9.49. The lowest BCUT2D eigenvalue weighted by Gasteiger charge is -2.14. The summed E-state index contributed by atoms with van der Waals surface area (Å²) in [5.74, 6) is 1.50. The van der Waals surface area contributed by atoms with Gasteiger partial charge in [-0.3, -0.25) is 0 Å². The summed E-state index contributed by atoms with van der Waals surface area (Å²) in [4.78, 5) is 0. The van der Waals surface area contributed by atoms with Crippen LogP contribution in [0.25, 0.3) is 0 Å². The van der Waals surface area contributed by atoms with Gasteiger partial charge in [-0.1, -0.05) is 35.9 Å². The average Bonchev–Trinajstić information content (AvgIpc) is 2.69. The van der Waals surface area contributed by atoms with E-state index in [1.165, 1.54) is 11.1 Å². The fourth-order valence-electron chi connectivity index (χ4n) is 2.85. The van der Waals surface area contributed by atoms with Gasteiger partial charge in [-0.05, 0) is 79.4 Å². The normalized spacial score (nSPS) is 10.6. The lowest BCUT2D eigenvalue weighted by Crippen LogP contribution is -2.03. The van der Waals surface area contributed by atoms with Crippen LogP contribution >= 0.6 is 11.6 Å². The summed E-state index contributed by atoms with van der Waals surface area (Å²) in [6.45, 7) is 8.00. The number of rotatable bonds is 8. The van der Waals surface area contributed by atoms with E-state index >= 15 is 0 Å². The van der Waals surface area contributed by atoms with E-state index in [1.807, 2.05) is 43.3 Å². The molecule has 3 rings (SSSR count). The van der Waals surface area contributed by atoms with E-state index in [4.69, 9.17) is 21.1 Å². The zero-order valence-corrected chi connectivity index (χ0v) is 17.3. The Balaban J connectivity index is 1.67. The highest BCUT2D eigenvalue weighted by atomic mass is 35.5. The zero-order valence-electron chi connectivity index (χ0n) is 16.6. The average molecular weight is 396 g/mol. The Morgan fingerprint density at radius 2 is 1.54 bits per heavy atom. The molecule has 0 atom stereocenters. The van der Waals surface area contributed by atoms with Gasteiger partial charge in [-0.25, -0.2) is 0 Å². The van der Waals surface area contributed by atoms with Gasteiger partial charge in [0.05, 0.1) is 6.61 Å². The molecule has 0 amide bonds. The van der Waals surface area contributed by atoms with Crippen LogP contribution in [0, 0.1) is 13.8 Å². The van der Waals surface area contributed by atoms with Crippen molar-refractivity contribution in [3.8, 4) is 11.5 Å². The Morgan fingerprint density at radius 1 is 0.786 bits per heavy atom. The van der Waals surface area contributed by atoms with Crippen LogP contribution < -0.4 is 14.8 Å². The molecule has 0 aliphatic rings. The number of hydrogen-bond acceptors (Lipinski definition) is 3. The summed E-state index contributed by atoms with van der Waals surface area (Å²) in [6, 6.07) is 20.1. The van der Waals surface area contributed by atoms with Gasteiger partial charge in [0.25, 0.3) is 0 Å². The summed E-state index contributed by atoms with van der Waals surface area (Å²) < 4.78 is 11.8. The lowest BCUT2D eigenvalue weighted by atomic mass is 10.1. The Labute approximate surface area is 172 Å². The highest BCUT2D eigenvalue weighted by Gasteiger charge is 2.08. The van der Waals surface area contributed by atoms with E-state index in [-0.39, 0.29) is 0 Å². The second kappa shape index (κ2) is 9.52. The molecule has 1 N–H and O–H groups in total. The minimum atomic E-state index is 0.470. The Hall–Kier alpha value is -2.65. The molecule has 4 heteroatoms. The number of benzene rings is 3. The Kier molecular flexibility index (Phi) is 6.83. The van der Waals surface area contributed by atoms with Crippen molar-refractivity contribution in [3.63, 3.8) is 0 Å². The van der Waals surface area contributed by atoms with Crippen molar-refractivity contribution in [3.05, 3.63) is 87.9 Å². The first-order valence-corrected chi connectivity index (χ1v) is 9.87. The number of halogens is 1. The van der Waals surface area contributed by atoms with Crippen molar-refractivity contribution in [1.82, 2.24) is 0 Å². The molecule has 28 heavy (non-hydrogen) atoms. The van der Waals surface area contributed by atoms with Gasteiger partial charge >= 0.3 is 0 Å². The van der Waals surface area contributed by atoms with E-state index in [2.05, 4.69) is 43.4 Å². The van der Waals surface area contributed by atoms with Gasteiger partial charge in [0.1, 0.15) is 6.61 Å². The molecule has 0 radical (unpaired) electrons. The molecule has 3 aromatic rings. The molecule has 0 fully saturated rings. The molecule has 3 nitrogen and oxygen atoms in total. The molecule has 0 aliphatic carbocycles. The molecule has 0 spiro atoms. The summed E-state index contributed by atoms with van der Waals surface area (Å²) in [5, 5.41) is 4.19. The quantitative estimate of drug-likeness (QED) is 0.469. The van der Waals surface area contributed by atoms with E-state index in [9.17, 15) is 0 Å². The number of aryl methyl sites for hydroxylation is 2. The Bertz CT molecular complexity index is 922. The highest BCUT2D eigenvalue weighted by molar-refractivity contribution is 6.30. The van der Waals surface area contributed by atoms with Gasteiger partial charge in [0, 0.05) is 17.3 Å². The molecule has 0 saturated carbocycles. The van der Waals surface area contributed by atoms with Crippen molar-refractivity contribution in [2.24, 2.45) is 0 Å². The molecule has 0 unspecified atom stereocenters. The molecular weight excluding hydrogens is 370 g/mol. The number of anilines is 1. The maximum Gasteiger partial charge on any atom is 0.161 e. The van der Waals surface area contributed by atoms with E-state index in [0.717, 1.165) is 39.9 Å². The molecule has 0 aliphatic heterocycles. The smallest absolute Gasteiger partial charge is 0.161 e. The van der Waals surface area contributed by atoms with Crippen LogP contribution in [0.1, 0.15) is 29.2 Å².